The van der Waals surface area contributed by atoms with Crippen molar-refractivity contribution in [2.45, 2.75) is 64.3 Å². The van der Waals surface area contributed by atoms with Crippen molar-refractivity contribution < 1.29 is 23.9 Å². The molecular formula is C34H40N6O5. The maximum absolute atomic E-state index is 14.0. The number of fused-ring (bicyclic) bond motifs is 2. The standard InChI is InChI=1S/C34H40N6O5/c1-21(41)19-36-34(2,3)18-30(42)37-26-15-14-23-9-5-8-12-28(23)40(32(26)43)20-22-13-16-29-27(17-22)38-31(45-29)24-10-6-7-11-25(24)39-33(44)35-4/h5-13,16-17,21,26,36,41H,14-15,18-20H2,1-4H3,(H,37,42)(H2,35,39,44)/t21-,26-/m1/s1. The first-order valence-corrected chi connectivity index (χ1v) is 15.1. The number of carbonyl (C=O) groups is 3. The zero-order chi connectivity index (χ0) is 32.1. The van der Waals surface area contributed by atoms with E-state index in [9.17, 15) is 19.5 Å². The number of aliphatic hydroxyl groups is 1. The van der Waals surface area contributed by atoms with Crippen LogP contribution >= 0.6 is 0 Å². The third-order valence-corrected chi connectivity index (χ3v) is 7.79. The number of rotatable bonds is 10. The van der Waals surface area contributed by atoms with Crippen LogP contribution in [0.2, 0.25) is 0 Å². The molecule has 1 aliphatic rings. The van der Waals surface area contributed by atoms with E-state index in [4.69, 9.17) is 9.40 Å². The lowest BCUT2D eigenvalue weighted by Gasteiger charge is -2.29. The number of urea groups is 1. The molecule has 4 amide bonds. The summed E-state index contributed by atoms with van der Waals surface area (Å²) in [5, 5.41) is 21.2. The second-order valence-corrected chi connectivity index (χ2v) is 12.1. The van der Waals surface area contributed by atoms with Gasteiger partial charge in [0.1, 0.15) is 11.6 Å². The third kappa shape index (κ3) is 7.68. The van der Waals surface area contributed by atoms with Crippen molar-refractivity contribution >= 4 is 40.3 Å². The molecular weight excluding hydrogens is 572 g/mol. The van der Waals surface area contributed by atoms with Crippen molar-refractivity contribution in [1.82, 2.24) is 20.9 Å². The van der Waals surface area contributed by atoms with Crippen molar-refractivity contribution in [3.8, 4) is 11.5 Å². The molecule has 236 valence electrons. The fourth-order valence-corrected chi connectivity index (χ4v) is 5.48. The van der Waals surface area contributed by atoms with Gasteiger partial charge in [-0.05, 0) is 75.1 Å². The average molecular weight is 613 g/mol. The van der Waals surface area contributed by atoms with Gasteiger partial charge < -0.3 is 35.7 Å². The molecule has 0 saturated carbocycles. The van der Waals surface area contributed by atoms with Gasteiger partial charge in [0.05, 0.1) is 23.9 Å². The van der Waals surface area contributed by atoms with E-state index >= 15 is 0 Å². The first-order chi connectivity index (χ1) is 21.5. The summed E-state index contributed by atoms with van der Waals surface area (Å²) in [6.45, 7) is 6.12. The summed E-state index contributed by atoms with van der Waals surface area (Å²) >= 11 is 0. The summed E-state index contributed by atoms with van der Waals surface area (Å²) in [5.41, 5.74) is 4.52. The summed E-state index contributed by atoms with van der Waals surface area (Å²) in [6.07, 6.45) is 0.744. The zero-order valence-corrected chi connectivity index (χ0v) is 26.0. The number of anilines is 2. The number of nitrogens with zero attached hydrogens (tertiary/aromatic N) is 2. The van der Waals surface area contributed by atoms with E-state index in [1.807, 2.05) is 74.5 Å². The number of β-amino-alcohol motifs (C(OH)–C–C–N with tert-alkyl or cyclic N) is 1. The molecule has 0 radical (unpaired) electrons. The van der Waals surface area contributed by atoms with Crippen LogP contribution in [0.4, 0.5) is 16.2 Å². The molecule has 5 rings (SSSR count). The van der Waals surface area contributed by atoms with Crippen molar-refractivity contribution in [1.29, 1.82) is 0 Å². The molecule has 1 aliphatic heterocycles. The molecule has 0 spiro atoms. The molecule has 5 N–H and O–H groups in total. The Labute approximate surface area is 262 Å². The minimum Gasteiger partial charge on any atom is -0.436 e. The lowest BCUT2D eigenvalue weighted by molar-refractivity contribution is -0.128. The van der Waals surface area contributed by atoms with Gasteiger partial charge in [0.2, 0.25) is 17.7 Å². The van der Waals surface area contributed by atoms with E-state index in [0.717, 1.165) is 16.8 Å². The van der Waals surface area contributed by atoms with Gasteiger partial charge in [-0.1, -0.05) is 36.4 Å². The minimum absolute atomic E-state index is 0.156. The summed E-state index contributed by atoms with van der Waals surface area (Å²) in [4.78, 5) is 45.5. The normalized spacial score (nSPS) is 15.7. The quantitative estimate of drug-likeness (QED) is 0.179. The highest BCUT2D eigenvalue weighted by Gasteiger charge is 2.33. The fraction of sp³-hybridized carbons (Fsp3) is 0.353. The maximum atomic E-state index is 14.0. The van der Waals surface area contributed by atoms with Gasteiger partial charge in [-0.15, -0.1) is 0 Å². The Kier molecular flexibility index (Phi) is 9.50. The number of hydrogen-bond acceptors (Lipinski definition) is 7. The van der Waals surface area contributed by atoms with Crippen LogP contribution in [-0.2, 0) is 22.6 Å². The smallest absolute Gasteiger partial charge is 0.318 e. The molecule has 1 aromatic heterocycles. The molecule has 0 aliphatic carbocycles. The highest BCUT2D eigenvalue weighted by atomic mass is 16.3. The Bertz CT molecular complexity index is 1700. The fourth-order valence-electron chi connectivity index (χ4n) is 5.48. The van der Waals surface area contributed by atoms with Gasteiger partial charge in [-0.25, -0.2) is 9.78 Å². The number of aromatic nitrogens is 1. The van der Waals surface area contributed by atoms with Crippen LogP contribution in [-0.4, -0.2) is 59.2 Å². The minimum atomic E-state index is -0.691. The molecule has 11 heteroatoms. The van der Waals surface area contributed by atoms with E-state index in [2.05, 4.69) is 21.3 Å². The molecule has 45 heavy (non-hydrogen) atoms. The molecule has 0 bridgehead atoms. The first-order valence-electron chi connectivity index (χ1n) is 15.1. The lowest BCUT2D eigenvalue weighted by Crippen LogP contribution is -2.51. The third-order valence-electron chi connectivity index (χ3n) is 7.79. The van der Waals surface area contributed by atoms with Crippen LogP contribution in [0.5, 0.6) is 0 Å². The van der Waals surface area contributed by atoms with Crippen LogP contribution in [0, 0.1) is 0 Å². The van der Waals surface area contributed by atoms with Crippen LogP contribution in [0.25, 0.3) is 22.6 Å². The van der Waals surface area contributed by atoms with E-state index in [1.165, 1.54) is 0 Å². The number of benzene rings is 3. The topological polar surface area (TPSA) is 149 Å². The monoisotopic (exact) mass is 612 g/mol. The molecule has 2 heterocycles. The van der Waals surface area contributed by atoms with Crippen molar-refractivity contribution in [3.63, 3.8) is 0 Å². The van der Waals surface area contributed by atoms with Gasteiger partial charge in [-0.3, -0.25) is 9.59 Å². The number of hydrogen-bond donors (Lipinski definition) is 5. The maximum Gasteiger partial charge on any atom is 0.318 e. The molecule has 3 aromatic carbocycles. The number of nitrogens with one attached hydrogen (secondary N) is 4. The first kappa shape index (κ1) is 31.7. The summed E-state index contributed by atoms with van der Waals surface area (Å²) < 4.78 is 6.05. The van der Waals surface area contributed by atoms with Gasteiger partial charge in [0.15, 0.2) is 5.58 Å². The molecule has 2 atom stereocenters. The Morgan fingerprint density at radius 1 is 1.11 bits per heavy atom. The number of para-hydroxylation sites is 2. The second-order valence-electron chi connectivity index (χ2n) is 12.1. The van der Waals surface area contributed by atoms with E-state index < -0.39 is 17.7 Å². The molecule has 0 saturated heterocycles. The van der Waals surface area contributed by atoms with E-state index in [0.29, 0.717) is 47.6 Å². The average Bonchev–Trinajstić information content (AvgIpc) is 3.39. The van der Waals surface area contributed by atoms with E-state index in [-0.39, 0.29) is 30.8 Å². The molecule has 4 aromatic rings. The second kappa shape index (κ2) is 13.5. The molecule has 11 nitrogen and oxygen atoms in total. The van der Waals surface area contributed by atoms with Gasteiger partial charge >= 0.3 is 6.03 Å². The summed E-state index contributed by atoms with van der Waals surface area (Å²) in [6, 6.07) is 19.6. The number of amides is 4. The predicted octanol–water partition coefficient (Wildman–Crippen LogP) is 4.35. The number of carbonyl (C=O) groups excluding carboxylic acids is 3. The largest absolute Gasteiger partial charge is 0.436 e. The van der Waals surface area contributed by atoms with Crippen molar-refractivity contribution in [2.75, 3.05) is 23.8 Å². The van der Waals surface area contributed by atoms with E-state index in [1.54, 1.807) is 24.9 Å². The summed E-state index contributed by atoms with van der Waals surface area (Å²) in [7, 11) is 1.54. The lowest BCUT2D eigenvalue weighted by atomic mass is 9.99. The molecule has 0 unspecified atom stereocenters. The SMILES string of the molecule is CNC(=O)Nc1ccccc1-c1nc2cc(CN3C(=O)[C@H](NC(=O)CC(C)(C)NC[C@@H](C)O)CCc4ccccc43)ccc2o1. The Balaban J connectivity index is 1.38. The van der Waals surface area contributed by atoms with Gasteiger partial charge in [0, 0.05) is 31.2 Å². The summed E-state index contributed by atoms with van der Waals surface area (Å²) in [5.74, 6) is -0.0535. The van der Waals surface area contributed by atoms with Gasteiger partial charge in [-0.2, -0.15) is 0 Å². The molecule has 0 fully saturated rings. The number of aryl methyl sites for hydroxylation is 1. The Morgan fingerprint density at radius 2 is 1.87 bits per heavy atom. The number of aliphatic hydroxyl groups excluding tert-OH is 1. The van der Waals surface area contributed by atoms with Gasteiger partial charge in [0.25, 0.3) is 0 Å². The van der Waals surface area contributed by atoms with Crippen molar-refractivity contribution in [2.24, 2.45) is 0 Å². The zero-order valence-electron chi connectivity index (χ0n) is 26.0. The predicted molar refractivity (Wildman–Crippen MR) is 174 cm³/mol. The van der Waals surface area contributed by atoms with Crippen LogP contribution < -0.4 is 26.2 Å². The Hall–Kier alpha value is -4.74. The highest BCUT2D eigenvalue weighted by molar-refractivity contribution is 6.00. The number of oxazole rings is 1. The van der Waals surface area contributed by atoms with Crippen LogP contribution in [0.1, 0.15) is 44.7 Å². The highest BCUT2D eigenvalue weighted by Crippen LogP contribution is 2.32. The van der Waals surface area contributed by atoms with Crippen LogP contribution in [0.3, 0.4) is 0 Å². The van der Waals surface area contributed by atoms with Crippen LogP contribution in [0.15, 0.2) is 71.1 Å². The Morgan fingerprint density at radius 3 is 2.64 bits per heavy atom. The van der Waals surface area contributed by atoms with Crippen molar-refractivity contribution in [3.05, 3.63) is 77.9 Å².